The predicted molar refractivity (Wildman–Crippen MR) is 54.4 cm³/mol. The summed E-state index contributed by atoms with van der Waals surface area (Å²) in [5.74, 6) is 0. The van der Waals surface area contributed by atoms with E-state index in [1.54, 1.807) is 0 Å². The molecule has 0 aromatic rings. The van der Waals surface area contributed by atoms with Crippen LogP contribution in [-0.2, 0) is 0 Å². The van der Waals surface area contributed by atoms with E-state index in [0.717, 1.165) is 10.2 Å². The monoisotopic (exact) mass is 602 g/mol. The van der Waals surface area contributed by atoms with Gasteiger partial charge in [-0.05, 0) is 0 Å². The maximum absolute atomic E-state index is 5.00. The molecular weight excluding hydrogens is 586 g/mol. The summed E-state index contributed by atoms with van der Waals surface area (Å²) in [6.45, 7) is 0. The van der Waals surface area contributed by atoms with Crippen LogP contribution < -0.4 is 0 Å². The summed E-state index contributed by atoms with van der Waals surface area (Å²) in [6, 6.07) is 0. The van der Waals surface area contributed by atoms with Gasteiger partial charge in [0.2, 0.25) is 0 Å². The van der Waals surface area contributed by atoms with Crippen molar-refractivity contribution in [2.45, 2.75) is 7.43 Å². The van der Waals surface area contributed by atoms with Crippen molar-refractivity contribution in [3.8, 4) is 0 Å². The van der Waals surface area contributed by atoms with Gasteiger partial charge in [0.15, 0.2) is 0 Å². The van der Waals surface area contributed by atoms with Gasteiger partial charge in [-0.1, -0.05) is 7.43 Å². The van der Waals surface area contributed by atoms with Crippen LogP contribution in [0, 0.1) is 11.1 Å². The molecule has 8 heteroatoms. The molecule has 2 N–H and O–H groups in total. The van der Waals surface area contributed by atoms with Gasteiger partial charge >= 0.3 is 86.9 Å². The Hall–Kier alpha value is 3.42. The van der Waals surface area contributed by atoms with Crippen molar-refractivity contribution in [2.24, 2.45) is 0 Å². The molecule has 0 saturated heterocycles. The van der Waals surface area contributed by atoms with Gasteiger partial charge in [-0.3, -0.25) is 0 Å². The van der Waals surface area contributed by atoms with Gasteiger partial charge < -0.3 is 0 Å². The fraction of sp³-hybridized carbons (Fsp3) is 1.00. The average molecular weight is 598 g/mol. The molecule has 0 aliphatic carbocycles. The van der Waals surface area contributed by atoms with Crippen molar-refractivity contribution in [1.29, 1.82) is 11.1 Å². The van der Waals surface area contributed by atoms with Gasteiger partial charge in [0.1, 0.15) is 0 Å². The number of hydrogen-bond acceptors (Lipinski definition) is 2. The van der Waals surface area contributed by atoms with Crippen LogP contribution in [0.15, 0.2) is 0 Å². The third-order valence-electron chi connectivity index (χ3n) is 0.0962. The van der Waals surface area contributed by atoms with Crippen LogP contribution >= 0.6 is 0 Å². The van der Waals surface area contributed by atoms with Crippen molar-refractivity contribution in [3.05, 3.63) is 0 Å². The number of nitrogens with one attached hydrogen (secondary N) is 2. The van der Waals surface area contributed by atoms with E-state index in [9.17, 15) is 0 Å². The van der Waals surface area contributed by atoms with Gasteiger partial charge in [-0.2, -0.15) is 0 Å². The summed E-state index contributed by atoms with van der Waals surface area (Å²) in [6.07, 6.45) is 0. The first kappa shape index (κ1) is 22.8. The molecule has 0 radical (unpaired) electrons. The molecular formula is CH12In2N2Se4. The second-order valence-electron chi connectivity index (χ2n) is 0.508. The van der Waals surface area contributed by atoms with Gasteiger partial charge in [0.05, 0.1) is 0 Å². The molecule has 0 bridgehead atoms. The summed E-state index contributed by atoms with van der Waals surface area (Å²) in [4.78, 5) is 0. The fourth-order valence-corrected chi connectivity index (χ4v) is 0. The van der Waals surface area contributed by atoms with Crippen LogP contribution in [0.5, 0.6) is 0 Å². The molecule has 0 saturated carbocycles. The molecule has 0 aromatic carbocycles. The van der Waals surface area contributed by atoms with E-state index < -0.39 is 0 Å². The zero-order valence-corrected chi connectivity index (χ0v) is 19.4. The second-order valence-corrected chi connectivity index (χ2v) is 100.0. The Bertz CT molecular complexity index is 164. The Morgan fingerprint density at radius 2 is 1.56 bits per heavy atom. The third kappa shape index (κ3) is 34.5. The average Bonchev–Trinajstić information content (AvgIpc) is 1.73. The second kappa shape index (κ2) is 22.5. The summed E-state index contributed by atoms with van der Waals surface area (Å²) in [5, 5.41) is 0. The molecule has 0 aliphatic rings. The Labute approximate surface area is 104 Å². The molecule has 0 amide bonds. The summed E-state index contributed by atoms with van der Waals surface area (Å²) < 4.78 is 0.301. The molecule has 0 aliphatic heterocycles. The minimum absolute atomic E-state index is 0. The Morgan fingerprint density at radius 3 is 1.56 bits per heavy atom. The molecule has 0 unspecified atom stereocenters. The Balaban J connectivity index is -0.0000000154. The van der Waals surface area contributed by atoms with Crippen molar-refractivity contribution < 1.29 is 1.43 Å². The van der Waals surface area contributed by atoms with Gasteiger partial charge in [-0.25, -0.2) is 11.1 Å². The standard InChI is InChI=1S/CH4.2In.H2N2.Se3.H2Se.H2.2H/c;;;1-2;1-3-2;;;;/h1H4;;;1-2H;;1H2;1H;;. The van der Waals surface area contributed by atoms with E-state index in [4.69, 9.17) is 11.1 Å². The quantitative estimate of drug-likeness (QED) is 0.243. The van der Waals surface area contributed by atoms with Crippen LogP contribution in [0.1, 0.15) is 8.85 Å². The molecule has 0 heterocycles. The zero-order chi connectivity index (χ0) is 6.28. The molecule has 0 atom stereocenters. The molecule has 2 nitrogen and oxygen atoms in total. The van der Waals surface area contributed by atoms with E-state index in [0.29, 0.717) is 3.10 Å². The van der Waals surface area contributed by atoms with E-state index >= 15 is 0 Å². The molecule has 0 rings (SSSR count). The van der Waals surface area contributed by atoms with Crippen molar-refractivity contribution in [1.82, 2.24) is 0 Å². The van der Waals surface area contributed by atoms with Gasteiger partial charge in [0.25, 0.3) is 0 Å². The van der Waals surface area contributed by atoms with Crippen LogP contribution in [0.4, 0.5) is 0 Å². The number of hydrogen-bond donors (Lipinski definition) is 2. The fourth-order valence-electron chi connectivity index (χ4n) is 0. The summed E-state index contributed by atoms with van der Waals surface area (Å²) in [7, 11) is 1.03. The minimum atomic E-state index is 0. The molecule has 0 spiro atoms. The van der Waals surface area contributed by atoms with E-state index in [-0.39, 0.29) is 25.9 Å². The summed E-state index contributed by atoms with van der Waals surface area (Å²) in [5.41, 5.74) is 10.0. The van der Waals surface area contributed by atoms with Crippen molar-refractivity contribution >= 4 is 86.9 Å². The van der Waals surface area contributed by atoms with E-state index in [1.807, 2.05) is 0 Å². The molecule has 0 aromatic heterocycles. The van der Waals surface area contributed by atoms with Crippen LogP contribution in [0.2, 0.25) is 0 Å². The normalized spacial score (nSPS) is 3.78. The molecule has 9 heavy (non-hydrogen) atoms. The number of rotatable bonds is 0. The summed E-state index contributed by atoms with van der Waals surface area (Å²) >= 11 is 5.90. The van der Waals surface area contributed by atoms with Gasteiger partial charge in [0, 0.05) is 1.43 Å². The van der Waals surface area contributed by atoms with Crippen molar-refractivity contribution in [3.63, 3.8) is 0 Å². The first-order chi connectivity index (χ1) is 3.27. The van der Waals surface area contributed by atoms with Crippen LogP contribution in [-0.4, -0.2) is 86.9 Å². The van der Waals surface area contributed by atoms with E-state index in [2.05, 4.69) is 13.7 Å². The van der Waals surface area contributed by atoms with Crippen molar-refractivity contribution in [2.75, 3.05) is 0 Å². The van der Waals surface area contributed by atoms with Crippen LogP contribution in [0.3, 0.4) is 0 Å². The van der Waals surface area contributed by atoms with Gasteiger partial charge in [-0.15, -0.1) is 0 Å². The predicted octanol–water partition coefficient (Wildman–Crippen LogP) is -1.88. The van der Waals surface area contributed by atoms with Crippen LogP contribution in [0.25, 0.3) is 0 Å². The zero-order valence-electron chi connectivity index (χ0n) is 4.14. The SMILES string of the molecule is C.N=N.[HH].[SeH2].[Se]=[Se]=[Se](=[InH])=[InH]. The van der Waals surface area contributed by atoms with E-state index in [1.165, 1.54) is 42.8 Å². The maximum atomic E-state index is 5.00. The first-order valence-corrected chi connectivity index (χ1v) is 29.4. The molecule has 56 valence electrons. The first-order valence-electron chi connectivity index (χ1n) is 1.16. The third-order valence-corrected chi connectivity index (χ3v) is 90.6. The topological polar surface area (TPSA) is 47.7 Å². The molecule has 0 fully saturated rings. The Kier molecular flexibility index (Phi) is 57.2. The Morgan fingerprint density at radius 1 is 1.44 bits per heavy atom.